The van der Waals surface area contributed by atoms with Crippen LogP contribution in [0.2, 0.25) is 0 Å². The second-order valence-corrected chi connectivity index (χ2v) is 6.58. The Labute approximate surface area is 126 Å². The first-order valence-corrected chi connectivity index (χ1v) is 8.73. The molecule has 0 unspecified atom stereocenters. The summed E-state index contributed by atoms with van der Waals surface area (Å²) in [7, 11) is -3.47. The molecule has 0 spiro atoms. The summed E-state index contributed by atoms with van der Waals surface area (Å²) in [6.07, 6.45) is 3.77. The van der Waals surface area contributed by atoms with Crippen LogP contribution in [0.4, 0.5) is 11.4 Å². The van der Waals surface area contributed by atoms with Gasteiger partial charge in [0.2, 0.25) is 10.0 Å². The fourth-order valence-electron chi connectivity index (χ4n) is 1.94. The lowest BCUT2D eigenvalue weighted by atomic mass is 10.2. The lowest BCUT2D eigenvalue weighted by Crippen LogP contribution is -2.23. The van der Waals surface area contributed by atoms with Gasteiger partial charge < -0.3 is 16.2 Å². The number of sulfonamides is 1. The number of unbranched alkanes of at least 4 members (excludes halogenated alkanes) is 3. The van der Waals surface area contributed by atoms with Gasteiger partial charge in [0.25, 0.3) is 0 Å². The van der Waals surface area contributed by atoms with Crippen molar-refractivity contribution in [3.05, 3.63) is 18.2 Å². The van der Waals surface area contributed by atoms with E-state index in [1.54, 1.807) is 19.1 Å². The molecule has 1 aromatic rings. The summed E-state index contributed by atoms with van der Waals surface area (Å²) in [6, 6.07) is 4.65. The van der Waals surface area contributed by atoms with Gasteiger partial charge in [0, 0.05) is 19.7 Å². The molecule has 120 valence electrons. The first-order chi connectivity index (χ1) is 10.0. The number of rotatable bonds is 10. The van der Waals surface area contributed by atoms with E-state index in [1.165, 1.54) is 6.07 Å². The van der Waals surface area contributed by atoms with Crippen molar-refractivity contribution in [2.75, 3.05) is 30.7 Å². The van der Waals surface area contributed by atoms with Crippen molar-refractivity contribution in [1.82, 2.24) is 4.72 Å². The molecule has 0 heterocycles. The lowest BCUT2D eigenvalue weighted by Gasteiger charge is -2.12. The molecule has 5 N–H and O–H groups in total. The lowest BCUT2D eigenvalue weighted by molar-refractivity contribution is 0.283. The first-order valence-electron chi connectivity index (χ1n) is 7.25. The van der Waals surface area contributed by atoms with E-state index in [0.29, 0.717) is 17.9 Å². The Balaban J connectivity index is 2.62. The Morgan fingerprint density at radius 1 is 1.19 bits per heavy atom. The summed E-state index contributed by atoms with van der Waals surface area (Å²) in [4.78, 5) is 0.210. The van der Waals surface area contributed by atoms with E-state index in [-0.39, 0.29) is 11.5 Å². The molecule has 1 rings (SSSR count). The molecule has 0 atom stereocenters. The zero-order valence-corrected chi connectivity index (χ0v) is 13.2. The fraction of sp³-hybridized carbons (Fsp3) is 0.571. The molecule has 21 heavy (non-hydrogen) atoms. The summed E-state index contributed by atoms with van der Waals surface area (Å²) >= 11 is 0. The number of anilines is 2. The van der Waals surface area contributed by atoms with Gasteiger partial charge in [0.15, 0.2) is 0 Å². The highest BCUT2D eigenvalue weighted by Crippen LogP contribution is 2.22. The van der Waals surface area contributed by atoms with Crippen LogP contribution in [0.5, 0.6) is 0 Å². The third kappa shape index (κ3) is 5.91. The van der Waals surface area contributed by atoms with Crippen molar-refractivity contribution >= 4 is 21.4 Å². The molecule has 0 saturated carbocycles. The second kappa shape index (κ2) is 8.86. The van der Waals surface area contributed by atoms with Gasteiger partial charge in [-0.1, -0.05) is 19.8 Å². The maximum absolute atomic E-state index is 11.9. The van der Waals surface area contributed by atoms with Crippen LogP contribution >= 0.6 is 0 Å². The SMILES string of the molecule is CCNS(=O)(=O)c1ccc(N)c(NCCCCCCO)c1. The van der Waals surface area contributed by atoms with Gasteiger partial charge in [-0.3, -0.25) is 0 Å². The minimum absolute atomic E-state index is 0.210. The quantitative estimate of drug-likeness (QED) is 0.387. The van der Waals surface area contributed by atoms with E-state index in [4.69, 9.17) is 10.8 Å². The summed E-state index contributed by atoms with van der Waals surface area (Å²) in [5, 5.41) is 11.9. The Morgan fingerprint density at radius 2 is 1.90 bits per heavy atom. The molecular weight excluding hydrogens is 290 g/mol. The van der Waals surface area contributed by atoms with Crippen molar-refractivity contribution in [3.8, 4) is 0 Å². The van der Waals surface area contributed by atoms with Crippen molar-refractivity contribution in [3.63, 3.8) is 0 Å². The van der Waals surface area contributed by atoms with Crippen LogP contribution in [0.1, 0.15) is 32.6 Å². The zero-order chi connectivity index (χ0) is 15.7. The molecule has 6 nitrogen and oxygen atoms in total. The standard InChI is InChI=1S/C14H25N3O3S/c1-2-17-21(19,20)12-7-8-13(15)14(11-12)16-9-5-3-4-6-10-18/h7-8,11,16-18H,2-6,9-10,15H2,1H3. The molecule has 0 aliphatic carbocycles. The Kier molecular flexibility index (Phi) is 7.49. The summed E-state index contributed by atoms with van der Waals surface area (Å²) < 4.78 is 26.3. The molecule has 0 fully saturated rings. The van der Waals surface area contributed by atoms with Crippen LogP contribution in [0.25, 0.3) is 0 Å². The molecule has 7 heteroatoms. The number of nitrogen functional groups attached to an aromatic ring is 1. The van der Waals surface area contributed by atoms with Crippen LogP contribution < -0.4 is 15.8 Å². The van der Waals surface area contributed by atoms with Crippen LogP contribution in [0.15, 0.2) is 23.1 Å². The molecule has 0 saturated heterocycles. The number of hydrogen-bond donors (Lipinski definition) is 4. The van der Waals surface area contributed by atoms with E-state index in [0.717, 1.165) is 32.2 Å². The molecule has 0 aliphatic heterocycles. The molecule has 0 bridgehead atoms. The van der Waals surface area contributed by atoms with Gasteiger partial charge in [-0.05, 0) is 31.0 Å². The van der Waals surface area contributed by atoms with E-state index >= 15 is 0 Å². The highest BCUT2D eigenvalue weighted by atomic mass is 32.2. The minimum atomic E-state index is -3.47. The number of benzene rings is 1. The normalized spacial score (nSPS) is 11.5. The van der Waals surface area contributed by atoms with E-state index in [2.05, 4.69) is 10.0 Å². The van der Waals surface area contributed by atoms with Gasteiger partial charge in [-0.15, -0.1) is 0 Å². The third-order valence-electron chi connectivity index (χ3n) is 3.07. The average Bonchev–Trinajstić information content (AvgIpc) is 2.44. The smallest absolute Gasteiger partial charge is 0.240 e. The zero-order valence-electron chi connectivity index (χ0n) is 12.4. The maximum Gasteiger partial charge on any atom is 0.240 e. The number of hydrogen-bond acceptors (Lipinski definition) is 5. The summed E-state index contributed by atoms with van der Waals surface area (Å²) in [5.41, 5.74) is 7.02. The molecule has 0 aromatic heterocycles. The number of nitrogens with one attached hydrogen (secondary N) is 2. The topological polar surface area (TPSA) is 104 Å². The maximum atomic E-state index is 11.9. The first kappa shape index (κ1) is 17.7. The number of aliphatic hydroxyl groups is 1. The Morgan fingerprint density at radius 3 is 2.57 bits per heavy atom. The molecule has 0 aliphatic rings. The van der Waals surface area contributed by atoms with E-state index in [1.807, 2.05) is 0 Å². The summed E-state index contributed by atoms with van der Waals surface area (Å²) in [5.74, 6) is 0. The van der Waals surface area contributed by atoms with E-state index in [9.17, 15) is 8.42 Å². The van der Waals surface area contributed by atoms with Crippen LogP contribution in [0.3, 0.4) is 0 Å². The van der Waals surface area contributed by atoms with Gasteiger partial charge in [0.1, 0.15) is 0 Å². The molecule has 1 aromatic carbocycles. The van der Waals surface area contributed by atoms with Gasteiger partial charge in [0.05, 0.1) is 16.3 Å². The van der Waals surface area contributed by atoms with E-state index < -0.39 is 10.0 Å². The minimum Gasteiger partial charge on any atom is -0.397 e. The Hall–Kier alpha value is -1.31. The van der Waals surface area contributed by atoms with Crippen LogP contribution in [0, 0.1) is 0 Å². The van der Waals surface area contributed by atoms with Crippen LogP contribution in [-0.4, -0.2) is 33.2 Å². The monoisotopic (exact) mass is 315 g/mol. The van der Waals surface area contributed by atoms with Gasteiger partial charge in [-0.2, -0.15) is 0 Å². The van der Waals surface area contributed by atoms with Crippen molar-refractivity contribution in [2.24, 2.45) is 0 Å². The van der Waals surface area contributed by atoms with Crippen molar-refractivity contribution < 1.29 is 13.5 Å². The second-order valence-electron chi connectivity index (χ2n) is 4.81. The molecule has 0 amide bonds. The predicted molar refractivity (Wildman–Crippen MR) is 85.8 cm³/mol. The number of aliphatic hydroxyl groups excluding tert-OH is 1. The van der Waals surface area contributed by atoms with Crippen molar-refractivity contribution in [2.45, 2.75) is 37.5 Å². The fourth-order valence-corrected chi connectivity index (χ4v) is 3.01. The summed E-state index contributed by atoms with van der Waals surface area (Å²) in [6.45, 7) is 3.03. The van der Waals surface area contributed by atoms with Crippen molar-refractivity contribution in [1.29, 1.82) is 0 Å². The molecular formula is C14H25N3O3S. The van der Waals surface area contributed by atoms with Crippen LogP contribution in [-0.2, 0) is 10.0 Å². The van der Waals surface area contributed by atoms with Gasteiger partial charge in [-0.25, -0.2) is 13.1 Å². The Bertz CT molecular complexity index is 532. The van der Waals surface area contributed by atoms with Gasteiger partial charge >= 0.3 is 0 Å². The largest absolute Gasteiger partial charge is 0.397 e. The highest BCUT2D eigenvalue weighted by molar-refractivity contribution is 7.89. The third-order valence-corrected chi connectivity index (χ3v) is 4.61. The number of nitrogens with two attached hydrogens (primary N) is 1. The highest BCUT2D eigenvalue weighted by Gasteiger charge is 2.14. The average molecular weight is 315 g/mol. The molecule has 0 radical (unpaired) electrons. The predicted octanol–water partition coefficient (Wildman–Crippen LogP) is 1.53.